The van der Waals surface area contributed by atoms with Crippen LogP contribution in [0.2, 0.25) is 0 Å². The standard InChI is InChI=1S/C8H13NO2.ClH/c10-8(11)7-5-1-3-9-4-2-6(5)7;/h5-7,9H,1-4H2,(H,10,11);1H/t5-,6+,7?;. The molecule has 3 atom stereocenters. The van der Waals surface area contributed by atoms with Crippen molar-refractivity contribution < 1.29 is 9.90 Å². The highest BCUT2D eigenvalue weighted by molar-refractivity contribution is 5.85. The van der Waals surface area contributed by atoms with Crippen LogP contribution in [0.3, 0.4) is 0 Å². The smallest absolute Gasteiger partial charge is 0.307 e. The minimum Gasteiger partial charge on any atom is -0.481 e. The van der Waals surface area contributed by atoms with E-state index in [0.717, 1.165) is 25.9 Å². The Morgan fingerprint density at radius 3 is 2.17 bits per heavy atom. The molecule has 2 fully saturated rings. The molecule has 2 aliphatic rings. The third-order valence-corrected chi connectivity index (χ3v) is 2.93. The van der Waals surface area contributed by atoms with Gasteiger partial charge in [-0.1, -0.05) is 0 Å². The number of aliphatic carboxylic acids is 1. The van der Waals surface area contributed by atoms with Crippen LogP contribution in [0.15, 0.2) is 0 Å². The van der Waals surface area contributed by atoms with Crippen LogP contribution in [-0.4, -0.2) is 24.2 Å². The van der Waals surface area contributed by atoms with Crippen LogP contribution < -0.4 is 5.32 Å². The maximum absolute atomic E-state index is 10.6. The number of rotatable bonds is 1. The van der Waals surface area contributed by atoms with Gasteiger partial charge in [0.15, 0.2) is 0 Å². The van der Waals surface area contributed by atoms with Crippen molar-refractivity contribution in [2.45, 2.75) is 12.8 Å². The SMILES string of the molecule is Cl.O=C(O)C1[C@H]2CCNCC[C@@H]12. The molecule has 3 nitrogen and oxygen atoms in total. The van der Waals surface area contributed by atoms with E-state index in [1.807, 2.05) is 0 Å². The summed E-state index contributed by atoms with van der Waals surface area (Å²) in [5.41, 5.74) is 0. The van der Waals surface area contributed by atoms with Crippen molar-refractivity contribution in [1.82, 2.24) is 5.32 Å². The van der Waals surface area contributed by atoms with Gasteiger partial charge < -0.3 is 10.4 Å². The van der Waals surface area contributed by atoms with Crippen LogP contribution >= 0.6 is 12.4 Å². The molecule has 1 aliphatic carbocycles. The molecular formula is C8H14ClNO2. The van der Waals surface area contributed by atoms with Gasteiger partial charge in [0.25, 0.3) is 0 Å². The summed E-state index contributed by atoms with van der Waals surface area (Å²) in [7, 11) is 0. The normalized spacial score (nSPS) is 38.8. The molecule has 1 unspecified atom stereocenters. The van der Waals surface area contributed by atoms with E-state index in [1.54, 1.807) is 0 Å². The maximum atomic E-state index is 10.6. The summed E-state index contributed by atoms with van der Waals surface area (Å²) in [6.45, 7) is 2.01. The highest BCUT2D eigenvalue weighted by Gasteiger charge is 2.54. The lowest BCUT2D eigenvalue weighted by Crippen LogP contribution is -2.17. The van der Waals surface area contributed by atoms with Gasteiger partial charge in [-0.2, -0.15) is 0 Å². The lowest BCUT2D eigenvalue weighted by atomic mass is 10.2. The van der Waals surface area contributed by atoms with Crippen LogP contribution in [-0.2, 0) is 4.79 Å². The second-order valence-corrected chi connectivity index (χ2v) is 3.52. The zero-order chi connectivity index (χ0) is 7.84. The van der Waals surface area contributed by atoms with Gasteiger partial charge in [-0.25, -0.2) is 0 Å². The largest absolute Gasteiger partial charge is 0.481 e. The molecule has 70 valence electrons. The van der Waals surface area contributed by atoms with E-state index in [2.05, 4.69) is 5.32 Å². The molecule has 2 N–H and O–H groups in total. The molecular weight excluding hydrogens is 178 g/mol. The summed E-state index contributed by atoms with van der Waals surface area (Å²) in [6.07, 6.45) is 2.11. The molecule has 0 aromatic carbocycles. The van der Waals surface area contributed by atoms with Crippen molar-refractivity contribution in [2.75, 3.05) is 13.1 Å². The lowest BCUT2D eigenvalue weighted by molar-refractivity contribution is -0.139. The van der Waals surface area contributed by atoms with Gasteiger partial charge in [-0.15, -0.1) is 12.4 Å². The van der Waals surface area contributed by atoms with Gasteiger partial charge in [0.1, 0.15) is 0 Å². The number of nitrogens with one attached hydrogen (secondary N) is 1. The quantitative estimate of drug-likeness (QED) is 0.643. The maximum Gasteiger partial charge on any atom is 0.307 e. The Hall–Kier alpha value is -0.280. The third-order valence-electron chi connectivity index (χ3n) is 2.93. The van der Waals surface area contributed by atoms with Crippen molar-refractivity contribution in [2.24, 2.45) is 17.8 Å². The monoisotopic (exact) mass is 191 g/mol. The minimum absolute atomic E-state index is 0. The average Bonchev–Trinajstić information content (AvgIpc) is 2.57. The van der Waals surface area contributed by atoms with Crippen molar-refractivity contribution in [3.63, 3.8) is 0 Å². The lowest BCUT2D eigenvalue weighted by Gasteiger charge is -1.99. The van der Waals surface area contributed by atoms with E-state index in [-0.39, 0.29) is 18.3 Å². The molecule has 1 heterocycles. The van der Waals surface area contributed by atoms with Gasteiger partial charge in [-0.3, -0.25) is 4.79 Å². The van der Waals surface area contributed by atoms with Gasteiger partial charge in [-0.05, 0) is 37.8 Å². The molecule has 0 aromatic rings. The van der Waals surface area contributed by atoms with E-state index >= 15 is 0 Å². The van der Waals surface area contributed by atoms with Crippen molar-refractivity contribution in [3.8, 4) is 0 Å². The molecule has 1 saturated heterocycles. The van der Waals surface area contributed by atoms with Crippen LogP contribution in [0.25, 0.3) is 0 Å². The van der Waals surface area contributed by atoms with Gasteiger partial charge in [0, 0.05) is 0 Å². The number of fused-ring (bicyclic) bond motifs is 1. The number of carboxylic acid groups (broad SMARTS) is 1. The van der Waals surface area contributed by atoms with Crippen LogP contribution in [0.1, 0.15) is 12.8 Å². The number of halogens is 1. The fourth-order valence-corrected chi connectivity index (χ4v) is 2.26. The first-order valence-electron chi connectivity index (χ1n) is 4.24. The molecule has 0 aromatic heterocycles. The Bertz CT molecular complexity index is 174. The van der Waals surface area contributed by atoms with Gasteiger partial charge >= 0.3 is 5.97 Å². The molecule has 1 aliphatic heterocycles. The van der Waals surface area contributed by atoms with Crippen molar-refractivity contribution in [1.29, 1.82) is 0 Å². The fraction of sp³-hybridized carbons (Fsp3) is 0.875. The first-order chi connectivity index (χ1) is 5.30. The zero-order valence-corrected chi connectivity index (χ0v) is 7.64. The van der Waals surface area contributed by atoms with Crippen molar-refractivity contribution >= 4 is 18.4 Å². The molecule has 0 bridgehead atoms. The Balaban J connectivity index is 0.000000720. The molecule has 12 heavy (non-hydrogen) atoms. The zero-order valence-electron chi connectivity index (χ0n) is 6.82. The molecule has 1 saturated carbocycles. The van der Waals surface area contributed by atoms with E-state index in [4.69, 9.17) is 5.11 Å². The predicted octanol–water partition coefficient (Wildman–Crippen LogP) is 0.738. The van der Waals surface area contributed by atoms with Crippen LogP contribution in [0.5, 0.6) is 0 Å². The van der Waals surface area contributed by atoms with Crippen molar-refractivity contribution in [3.05, 3.63) is 0 Å². The highest BCUT2D eigenvalue weighted by Crippen LogP contribution is 2.51. The molecule has 0 radical (unpaired) electrons. The number of hydrogen-bond acceptors (Lipinski definition) is 2. The van der Waals surface area contributed by atoms with E-state index in [0.29, 0.717) is 11.8 Å². The summed E-state index contributed by atoms with van der Waals surface area (Å²) in [5, 5.41) is 12.0. The van der Waals surface area contributed by atoms with E-state index < -0.39 is 5.97 Å². The second kappa shape index (κ2) is 3.62. The Morgan fingerprint density at radius 1 is 1.25 bits per heavy atom. The van der Waals surface area contributed by atoms with E-state index in [1.165, 1.54) is 0 Å². The Labute approximate surface area is 77.9 Å². The summed E-state index contributed by atoms with van der Waals surface area (Å²) < 4.78 is 0. The van der Waals surface area contributed by atoms with Crippen LogP contribution in [0, 0.1) is 17.8 Å². The van der Waals surface area contributed by atoms with Gasteiger partial charge in [0.2, 0.25) is 0 Å². The first kappa shape index (κ1) is 9.81. The molecule has 0 spiro atoms. The second-order valence-electron chi connectivity index (χ2n) is 3.52. The minimum atomic E-state index is -0.582. The topological polar surface area (TPSA) is 49.3 Å². The molecule has 2 rings (SSSR count). The summed E-state index contributed by atoms with van der Waals surface area (Å²) in [5.74, 6) is 0.393. The summed E-state index contributed by atoms with van der Waals surface area (Å²) in [6, 6.07) is 0. The Morgan fingerprint density at radius 2 is 1.75 bits per heavy atom. The molecule has 4 heteroatoms. The number of carboxylic acids is 1. The molecule has 0 amide bonds. The summed E-state index contributed by atoms with van der Waals surface area (Å²) >= 11 is 0. The Kier molecular flexibility index (Phi) is 2.96. The van der Waals surface area contributed by atoms with Crippen LogP contribution in [0.4, 0.5) is 0 Å². The third kappa shape index (κ3) is 1.57. The summed E-state index contributed by atoms with van der Waals surface area (Å²) in [4.78, 5) is 10.6. The fourth-order valence-electron chi connectivity index (χ4n) is 2.26. The van der Waals surface area contributed by atoms with Gasteiger partial charge in [0.05, 0.1) is 5.92 Å². The van der Waals surface area contributed by atoms with E-state index in [9.17, 15) is 4.79 Å². The number of carbonyl (C=O) groups is 1. The average molecular weight is 192 g/mol. The first-order valence-corrected chi connectivity index (χ1v) is 4.24. The highest BCUT2D eigenvalue weighted by atomic mass is 35.5. The number of hydrogen-bond donors (Lipinski definition) is 2. The predicted molar refractivity (Wildman–Crippen MR) is 47.5 cm³/mol.